The van der Waals surface area contributed by atoms with Gasteiger partial charge < -0.3 is 9.47 Å². The summed E-state index contributed by atoms with van der Waals surface area (Å²) in [4.78, 5) is 2.66. The van der Waals surface area contributed by atoms with E-state index in [1.807, 2.05) is 0 Å². The summed E-state index contributed by atoms with van der Waals surface area (Å²) >= 11 is 0. The van der Waals surface area contributed by atoms with Crippen molar-refractivity contribution in [1.82, 2.24) is 4.90 Å². The second kappa shape index (κ2) is 6.83. The van der Waals surface area contributed by atoms with Gasteiger partial charge in [0.15, 0.2) is 0 Å². The molecule has 0 aromatic rings. The molecule has 0 aromatic carbocycles. The van der Waals surface area contributed by atoms with Gasteiger partial charge >= 0.3 is 0 Å². The topological polar surface area (TPSA) is 21.7 Å². The number of nitrogens with zero attached hydrogens (tertiary/aromatic N) is 1. The average Bonchev–Trinajstić information content (AvgIpc) is 2.63. The van der Waals surface area contributed by atoms with E-state index in [4.69, 9.17) is 9.47 Å². The van der Waals surface area contributed by atoms with Crippen LogP contribution in [0.5, 0.6) is 0 Å². The van der Waals surface area contributed by atoms with Gasteiger partial charge in [0.2, 0.25) is 5.79 Å². The molecule has 0 bridgehead atoms. The molecule has 3 heteroatoms. The number of likely N-dealkylation sites (tertiary alicyclic amines) is 1. The Morgan fingerprint density at radius 2 is 2.00 bits per heavy atom. The summed E-state index contributed by atoms with van der Waals surface area (Å²) in [6.07, 6.45) is 18.3. The molecule has 0 N–H and O–H groups in total. The molecule has 2 aliphatic heterocycles. The van der Waals surface area contributed by atoms with E-state index in [0.717, 1.165) is 56.7 Å². The highest BCUT2D eigenvalue weighted by molar-refractivity contribution is 5.33. The predicted octanol–water partition coefficient (Wildman–Crippen LogP) is 4.95. The SMILES string of the molecule is CC1CC=C(C2C=CC3=C(COC4(CCN(C5CCC5)CC4)O3)C2)CC1. The number of hydrogen-bond donors (Lipinski definition) is 0. The van der Waals surface area contributed by atoms with Crippen molar-refractivity contribution in [2.45, 2.75) is 76.5 Å². The van der Waals surface area contributed by atoms with Gasteiger partial charge in [-0.05, 0) is 56.1 Å². The van der Waals surface area contributed by atoms with Crippen LogP contribution in [-0.2, 0) is 9.47 Å². The molecule has 2 unspecified atom stereocenters. The van der Waals surface area contributed by atoms with Gasteiger partial charge in [-0.2, -0.15) is 0 Å². The van der Waals surface area contributed by atoms with Gasteiger partial charge in [0.05, 0.1) is 6.61 Å². The van der Waals surface area contributed by atoms with Crippen molar-refractivity contribution in [3.63, 3.8) is 0 Å². The van der Waals surface area contributed by atoms with Crippen LogP contribution in [-0.4, -0.2) is 36.4 Å². The molecular weight excluding hydrogens is 322 g/mol. The van der Waals surface area contributed by atoms with Gasteiger partial charge in [-0.15, -0.1) is 0 Å². The Bertz CT molecular complexity index is 635. The molecule has 5 rings (SSSR count). The van der Waals surface area contributed by atoms with Crippen molar-refractivity contribution in [2.75, 3.05) is 19.7 Å². The maximum atomic E-state index is 6.48. The normalized spacial score (nSPS) is 34.9. The van der Waals surface area contributed by atoms with E-state index < -0.39 is 0 Å². The number of piperidine rings is 1. The Morgan fingerprint density at radius 3 is 2.69 bits per heavy atom. The Hall–Kier alpha value is -1.06. The first-order valence-electron chi connectivity index (χ1n) is 10.9. The second-order valence-corrected chi connectivity index (χ2v) is 9.22. The molecule has 2 atom stereocenters. The molecule has 1 spiro atoms. The first kappa shape index (κ1) is 17.1. The van der Waals surface area contributed by atoms with Gasteiger partial charge in [0.1, 0.15) is 5.76 Å². The van der Waals surface area contributed by atoms with Crippen LogP contribution in [0.25, 0.3) is 0 Å². The van der Waals surface area contributed by atoms with E-state index in [9.17, 15) is 0 Å². The Labute approximate surface area is 158 Å². The molecule has 3 nitrogen and oxygen atoms in total. The van der Waals surface area contributed by atoms with Crippen LogP contribution in [0.15, 0.2) is 35.1 Å². The second-order valence-electron chi connectivity index (χ2n) is 9.22. The lowest BCUT2D eigenvalue weighted by molar-refractivity contribution is -0.247. The molecule has 0 aromatic heterocycles. The van der Waals surface area contributed by atoms with Gasteiger partial charge in [0, 0.05) is 37.9 Å². The number of ether oxygens (including phenoxy) is 2. The van der Waals surface area contributed by atoms with Crippen LogP contribution in [0, 0.1) is 11.8 Å². The van der Waals surface area contributed by atoms with E-state index in [2.05, 4.69) is 30.1 Å². The van der Waals surface area contributed by atoms with Crippen LogP contribution >= 0.6 is 0 Å². The maximum absolute atomic E-state index is 6.48. The predicted molar refractivity (Wildman–Crippen MR) is 104 cm³/mol. The fourth-order valence-corrected chi connectivity index (χ4v) is 5.25. The summed E-state index contributed by atoms with van der Waals surface area (Å²) in [7, 11) is 0. The van der Waals surface area contributed by atoms with Crippen LogP contribution in [0.3, 0.4) is 0 Å². The minimum absolute atomic E-state index is 0.351. The highest BCUT2D eigenvalue weighted by Gasteiger charge is 2.43. The minimum atomic E-state index is -0.351. The fourth-order valence-electron chi connectivity index (χ4n) is 5.25. The molecule has 0 radical (unpaired) electrons. The molecule has 1 saturated carbocycles. The molecule has 5 aliphatic rings. The zero-order valence-corrected chi connectivity index (χ0v) is 16.2. The number of hydrogen-bond acceptors (Lipinski definition) is 3. The van der Waals surface area contributed by atoms with Crippen LogP contribution < -0.4 is 0 Å². The highest BCUT2D eigenvalue weighted by Crippen LogP contribution is 2.42. The maximum Gasteiger partial charge on any atom is 0.213 e. The Morgan fingerprint density at radius 1 is 1.15 bits per heavy atom. The van der Waals surface area contributed by atoms with E-state index in [-0.39, 0.29) is 5.79 Å². The fraction of sp³-hybridized carbons (Fsp3) is 0.739. The summed E-state index contributed by atoms with van der Waals surface area (Å²) in [6, 6.07) is 0.840. The van der Waals surface area contributed by atoms with Crippen LogP contribution in [0.2, 0.25) is 0 Å². The Kier molecular flexibility index (Phi) is 4.48. The van der Waals surface area contributed by atoms with Crippen LogP contribution in [0.1, 0.15) is 64.7 Å². The van der Waals surface area contributed by atoms with Crippen molar-refractivity contribution in [3.8, 4) is 0 Å². The molecular formula is C23H33NO2. The molecule has 26 heavy (non-hydrogen) atoms. The molecule has 2 fully saturated rings. The lowest BCUT2D eigenvalue weighted by atomic mass is 9.80. The van der Waals surface area contributed by atoms with Crippen molar-refractivity contribution in [2.24, 2.45) is 11.8 Å². The largest absolute Gasteiger partial charge is 0.462 e. The molecule has 3 aliphatic carbocycles. The monoisotopic (exact) mass is 355 g/mol. The summed E-state index contributed by atoms with van der Waals surface area (Å²) in [6.45, 7) is 5.39. The molecule has 1 saturated heterocycles. The van der Waals surface area contributed by atoms with E-state index in [1.165, 1.54) is 44.1 Å². The lowest BCUT2D eigenvalue weighted by Gasteiger charge is -2.48. The first-order chi connectivity index (χ1) is 12.7. The number of allylic oxidation sites excluding steroid dienone is 4. The van der Waals surface area contributed by atoms with Gasteiger partial charge in [-0.3, -0.25) is 4.90 Å². The van der Waals surface area contributed by atoms with Crippen molar-refractivity contribution in [1.29, 1.82) is 0 Å². The summed E-state index contributed by atoms with van der Waals surface area (Å²) in [5, 5.41) is 0. The minimum Gasteiger partial charge on any atom is -0.462 e. The molecule has 142 valence electrons. The molecule has 2 heterocycles. The average molecular weight is 356 g/mol. The summed E-state index contributed by atoms with van der Waals surface area (Å²) in [5.74, 6) is 2.20. The van der Waals surface area contributed by atoms with Crippen molar-refractivity contribution in [3.05, 3.63) is 35.1 Å². The third kappa shape index (κ3) is 3.18. The van der Waals surface area contributed by atoms with Crippen LogP contribution in [0.4, 0.5) is 0 Å². The van der Waals surface area contributed by atoms with Gasteiger partial charge in [-0.1, -0.05) is 31.1 Å². The summed E-state index contributed by atoms with van der Waals surface area (Å²) in [5.41, 5.74) is 3.02. The zero-order valence-electron chi connectivity index (χ0n) is 16.2. The van der Waals surface area contributed by atoms with E-state index >= 15 is 0 Å². The first-order valence-corrected chi connectivity index (χ1v) is 10.9. The standard InChI is InChI=1S/C23H33NO2/c1-17-5-7-18(8-6-17)19-9-10-22-20(15-19)16-25-23(26-22)11-13-24(14-12-23)21-3-2-4-21/h7,9-10,17,19,21H,2-6,8,11-16H2,1H3. The van der Waals surface area contributed by atoms with E-state index in [1.54, 1.807) is 5.57 Å². The molecule has 0 amide bonds. The van der Waals surface area contributed by atoms with Gasteiger partial charge in [-0.25, -0.2) is 0 Å². The highest BCUT2D eigenvalue weighted by atomic mass is 16.7. The van der Waals surface area contributed by atoms with E-state index in [0.29, 0.717) is 5.92 Å². The third-order valence-electron chi connectivity index (χ3n) is 7.44. The quantitative estimate of drug-likeness (QED) is 0.654. The van der Waals surface area contributed by atoms with Gasteiger partial charge in [0.25, 0.3) is 0 Å². The van der Waals surface area contributed by atoms with Crippen molar-refractivity contribution < 1.29 is 9.47 Å². The van der Waals surface area contributed by atoms with Crippen molar-refractivity contribution >= 4 is 0 Å². The Balaban J connectivity index is 1.22. The zero-order chi connectivity index (χ0) is 17.6. The lowest BCUT2D eigenvalue weighted by Crippen LogP contribution is -2.53. The summed E-state index contributed by atoms with van der Waals surface area (Å²) < 4.78 is 12.8. The smallest absolute Gasteiger partial charge is 0.213 e. The number of rotatable bonds is 2. The third-order valence-corrected chi connectivity index (χ3v) is 7.44.